The van der Waals surface area contributed by atoms with Crippen LogP contribution in [0.5, 0.6) is 0 Å². The van der Waals surface area contributed by atoms with E-state index in [9.17, 15) is 35.9 Å². The number of fused-ring (bicyclic) bond motifs is 1. The summed E-state index contributed by atoms with van der Waals surface area (Å²) in [5.41, 5.74) is -3.45. The number of carbonyl (C=O) groups excluding carboxylic acids is 1. The predicted octanol–water partition coefficient (Wildman–Crippen LogP) is 4.12. The number of amides is 1. The van der Waals surface area contributed by atoms with E-state index in [2.05, 4.69) is 4.98 Å². The largest absolute Gasteiger partial charge is 0.416 e. The van der Waals surface area contributed by atoms with Gasteiger partial charge in [0, 0.05) is 31.5 Å². The second-order valence-corrected chi connectivity index (χ2v) is 7.69. The highest BCUT2D eigenvalue weighted by Gasteiger charge is 2.38. The Morgan fingerprint density at radius 2 is 1.64 bits per heavy atom. The third-order valence-electron chi connectivity index (χ3n) is 5.40. The van der Waals surface area contributed by atoms with Crippen LogP contribution in [0, 0.1) is 0 Å². The van der Waals surface area contributed by atoms with Crippen molar-refractivity contribution in [2.75, 3.05) is 0 Å². The van der Waals surface area contributed by atoms with Gasteiger partial charge in [0.25, 0.3) is 11.5 Å². The number of imidazole rings is 1. The molecule has 1 aromatic carbocycles. The van der Waals surface area contributed by atoms with Crippen LogP contribution in [0.15, 0.2) is 53.8 Å². The highest BCUT2D eigenvalue weighted by atomic mass is 19.4. The van der Waals surface area contributed by atoms with Gasteiger partial charge >= 0.3 is 12.4 Å². The van der Waals surface area contributed by atoms with E-state index in [-0.39, 0.29) is 29.6 Å². The maximum Gasteiger partial charge on any atom is 0.416 e. The fourth-order valence-corrected chi connectivity index (χ4v) is 3.78. The molecule has 12 heteroatoms. The molecule has 174 valence electrons. The summed E-state index contributed by atoms with van der Waals surface area (Å²) in [7, 11) is 0. The zero-order valence-electron chi connectivity index (χ0n) is 17.0. The van der Waals surface area contributed by atoms with E-state index in [1.165, 1.54) is 33.8 Å². The lowest BCUT2D eigenvalue weighted by molar-refractivity contribution is -0.143. The van der Waals surface area contributed by atoms with Gasteiger partial charge in [-0.25, -0.2) is 4.98 Å². The Hall–Kier alpha value is -3.57. The summed E-state index contributed by atoms with van der Waals surface area (Å²) in [6.45, 7) is 1.10. The summed E-state index contributed by atoms with van der Waals surface area (Å²) < 4.78 is 81.7. The third-order valence-corrected chi connectivity index (χ3v) is 5.40. The monoisotopic (exact) mass is 470 g/mol. The average Bonchev–Trinajstić information content (AvgIpc) is 3.25. The first kappa shape index (κ1) is 22.6. The van der Waals surface area contributed by atoms with Crippen LogP contribution in [0.4, 0.5) is 26.3 Å². The van der Waals surface area contributed by atoms with Gasteiger partial charge in [-0.15, -0.1) is 0 Å². The topological polar surface area (TPSA) is 60.1 Å². The van der Waals surface area contributed by atoms with Crippen LogP contribution in [0.2, 0.25) is 0 Å². The minimum Gasteiger partial charge on any atom is -0.329 e. The van der Waals surface area contributed by atoms with E-state index < -0.39 is 47.5 Å². The fraction of sp³-hybridized carbons (Fsp3) is 0.286. The van der Waals surface area contributed by atoms with Crippen molar-refractivity contribution in [3.05, 3.63) is 81.8 Å². The minimum atomic E-state index is -4.99. The smallest absolute Gasteiger partial charge is 0.329 e. The quantitative estimate of drug-likeness (QED) is 0.542. The van der Waals surface area contributed by atoms with Gasteiger partial charge in [0.2, 0.25) is 0 Å². The Morgan fingerprint density at radius 1 is 1.00 bits per heavy atom. The molecule has 0 saturated carbocycles. The zero-order valence-corrected chi connectivity index (χ0v) is 17.0. The molecule has 0 unspecified atom stereocenters. The molecule has 0 fully saturated rings. The van der Waals surface area contributed by atoms with Crippen LogP contribution in [0.1, 0.15) is 34.1 Å². The molecule has 6 nitrogen and oxygen atoms in total. The SMILES string of the molecule is C[C@@H]1Cn2c(ccc(-n3ccnc3)c2=O)C(=O)N1Cc1cc(C(F)(F)F)cc(C(F)(F)F)c1. The van der Waals surface area contributed by atoms with Crippen molar-refractivity contribution in [3.63, 3.8) is 0 Å². The number of carbonyl (C=O) groups is 1. The lowest BCUT2D eigenvalue weighted by Crippen LogP contribution is -2.49. The summed E-state index contributed by atoms with van der Waals surface area (Å²) in [5.74, 6) is -0.672. The number of aromatic nitrogens is 3. The lowest BCUT2D eigenvalue weighted by atomic mass is 10.0. The molecule has 1 aliphatic heterocycles. The summed E-state index contributed by atoms with van der Waals surface area (Å²) in [4.78, 5) is 30.9. The Bertz CT molecular complexity index is 1230. The minimum absolute atomic E-state index is 0.00927. The van der Waals surface area contributed by atoms with Gasteiger partial charge < -0.3 is 14.0 Å². The molecule has 1 aliphatic rings. The lowest BCUT2D eigenvalue weighted by Gasteiger charge is -2.35. The number of hydrogen-bond acceptors (Lipinski definition) is 3. The molecule has 0 spiro atoms. The standard InChI is InChI=1S/C21H16F6N4O2/c1-12-9-31-17(3-2-16(18(31)32)29-5-4-28-11-29)19(33)30(12)10-13-6-14(20(22,23)24)8-15(7-13)21(25,26)27/h2-8,11-12H,9-10H2,1H3/t12-/m1/s1. The number of hydrogen-bond donors (Lipinski definition) is 0. The Kier molecular flexibility index (Phi) is 5.33. The van der Waals surface area contributed by atoms with Gasteiger partial charge in [-0.2, -0.15) is 26.3 Å². The van der Waals surface area contributed by atoms with Crippen molar-refractivity contribution in [3.8, 4) is 5.69 Å². The van der Waals surface area contributed by atoms with Gasteiger partial charge in [0.1, 0.15) is 11.4 Å². The van der Waals surface area contributed by atoms with Crippen LogP contribution < -0.4 is 5.56 Å². The Morgan fingerprint density at radius 3 is 2.18 bits per heavy atom. The van der Waals surface area contributed by atoms with Crippen LogP contribution >= 0.6 is 0 Å². The molecule has 1 atom stereocenters. The van der Waals surface area contributed by atoms with Gasteiger partial charge in [-0.05, 0) is 42.8 Å². The van der Waals surface area contributed by atoms with Crippen molar-refractivity contribution in [2.24, 2.45) is 0 Å². The number of rotatable bonds is 3. The number of benzene rings is 1. The molecular weight excluding hydrogens is 454 g/mol. The molecule has 0 radical (unpaired) electrons. The first-order valence-electron chi connectivity index (χ1n) is 9.68. The Labute approximate surface area is 182 Å². The number of nitrogens with zero attached hydrogens (tertiary/aromatic N) is 4. The van der Waals surface area contributed by atoms with Crippen LogP contribution in [-0.2, 0) is 25.4 Å². The maximum atomic E-state index is 13.2. The first-order valence-corrected chi connectivity index (χ1v) is 9.68. The van der Waals surface area contributed by atoms with E-state index in [0.29, 0.717) is 12.1 Å². The van der Waals surface area contributed by atoms with Crippen molar-refractivity contribution in [2.45, 2.75) is 38.4 Å². The highest BCUT2D eigenvalue weighted by molar-refractivity contribution is 5.93. The van der Waals surface area contributed by atoms with E-state index in [0.717, 1.165) is 4.90 Å². The van der Waals surface area contributed by atoms with Crippen molar-refractivity contribution >= 4 is 5.91 Å². The van der Waals surface area contributed by atoms with Crippen molar-refractivity contribution < 1.29 is 31.1 Å². The number of alkyl halides is 6. The van der Waals surface area contributed by atoms with E-state index in [1.54, 1.807) is 13.1 Å². The average molecular weight is 470 g/mol. The molecule has 0 aliphatic carbocycles. The fourth-order valence-electron chi connectivity index (χ4n) is 3.78. The second-order valence-electron chi connectivity index (χ2n) is 7.69. The highest BCUT2D eigenvalue weighted by Crippen LogP contribution is 2.37. The number of pyridine rings is 1. The van der Waals surface area contributed by atoms with E-state index >= 15 is 0 Å². The molecule has 2 aromatic heterocycles. The molecule has 0 saturated heterocycles. The van der Waals surface area contributed by atoms with Crippen LogP contribution in [0.25, 0.3) is 5.69 Å². The summed E-state index contributed by atoms with van der Waals surface area (Å²) in [6.07, 6.45) is -5.54. The molecule has 33 heavy (non-hydrogen) atoms. The van der Waals surface area contributed by atoms with Crippen LogP contribution in [-0.4, -0.2) is 31.0 Å². The summed E-state index contributed by atoms with van der Waals surface area (Å²) in [5, 5.41) is 0. The van der Waals surface area contributed by atoms with Crippen molar-refractivity contribution in [1.29, 1.82) is 0 Å². The van der Waals surface area contributed by atoms with E-state index in [4.69, 9.17) is 0 Å². The molecule has 1 amide bonds. The van der Waals surface area contributed by atoms with Gasteiger partial charge in [-0.3, -0.25) is 9.59 Å². The van der Waals surface area contributed by atoms with Gasteiger partial charge in [-0.1, -0.05) is 0 Å². The molecule has 0 bridgehead atoms. The molecule has 3 heterocycles. The summed E-state index contributed by atoms with van der Waals surface area (Å²) in [6, 6.07) is 3.37. The third kappa shape index (κ3) is 4.24. The number of halogens is 6. The molecule has 0 N–H and O–H groups in total. The van der Waals surface area contributed by atoms with Gasteiger partial charge in [0.15, 0.2) is 0 Å². The molecular formula is C21H16F6N4O2. The normalized spacial score (nSPS) is 16.8. The van der Waals surface area contributed by atoms with E-state index in [1.807, 2.05) is 0 Å². The second kappa shape index (κ2) is 7.78. The van der Waals surface area contributed by atoms with Crippen molar-refractivity contribution in [1.82, 2.24) is 19.0 Å². The zero-order chi connectivity index (χ0) is 24.1. The predicted molar refractivity (Wildman–Crippen MR) is 104 cm³/mol. The Balaban J connectivity index is 1.71. The summed E-state index contributed by atoms with van der Waals surface area (Å²) >= 11 is 0. The van der Waals surface area contributed by atoms with Crippen LogP contribution in [0.3, 0.4) is 0 Å². The first-order chi connectivity index (χ1) is 15.4. The molecule has 4 rings (SSSR count). The maximum absolute atomic E-state index is 13.2. The molecule has 3 aromatic rings. The van der Waals surface area contributed by atoms with Gasteiger partial charge in [0.05, 0.1) is 17.5 Å².